The fraction of sp³-hybridized carbons (Fsp3) is 0.300. The molecule has 1 unspecified atom stereocenters. The lowest BCUT2D eigenvalue weighted by Crippen LogP contribution is -2.35. The molecule has 2 aromatic carbocycles. The van der Waals surface area contributed by atoms with Crippen LogP contribution < -0.4 is 19.5 Å². The molecular weight excluding hydrogens is 350 g/mol. The summed E-state index contributed by atoms with van der Waals surface area (Å²) < 4.78 is 21.1. The number of esters is 1. The summed E-state index contributed by atoms with van der Waals surface area (Å²) in [6.07, 6.45) is 0.650. The van der Waals surface area contributed by atoms with Crippen LogP contribution >= 0.6 is 0 Å². The Morgan fingerprint density at radius 2 is 1.78 bits per heavy atom. The Bertz CT molecular complexity index is 813. The van der Waals surface area contributed by atoms with Gasteiger partial charge in [0.05, 0.1) is 26.9 Å². The van der Waals surface area contributed by atoms with Crippen molar-refractivity contribution in [3.63, 3.8) is 0 Å². The molecule has 7 nitrogen and oxygen atoms in total. The van der Waals surface area contributed by atoms with Crippen molar-refractivity contribution < 1.29 is 28.5 Å². The summed E-state index contributed by atoms with van der Waals surface area (Å²) in [6.45, 7) is 0.111. The van der Waals surface area contributed by atoms with Crippen LogP contribution in [0.2, 0.25) is 0 Å². The predicted molar refractivity (Wildman–Crippen MR) is 97.3 cm³/mol. The summed E-state index contributed by atoms with van der Waals surface area (Å²) in [6, 6.07) is 12.3. The fourth-order valence-electron chi connectivity index (χ4n) is 2.98. The molecule has 2 aromatic rings. The molecule has 0 spiro atoms. The van der Waals surface area contributed by atoms with Gasteiger partial charge in [0.1, 0.15) is 22.8 Å². The number of hydrogen-bond acceptors (Lipinski definition) is 6. The molecule has 1 aliphatic heterocycles. The van der Waals surface area contributed by atoms with E-state index in [4.69, 9.17) is 18.9 Å². The number of ether oxygens (including phenoxy) is 4. The summed E-state index contributed by atoms with van der Waals surface area (Å²) in [5.41, 5.74) is 1.06. The maximum Gasteiger partial charge on any atom is 0.346 e. The van der Waals surface area contributed by atoms with E-state index in [1.807, 2.05) is 24.3 Å². The Morgan fingerprint density at radius 3 is 2.48 bits per heavy atom. The average molecular weight is 371 g/mol. The van der Waals surface area contributed by atoms with Crippen molar-refractivity contribution in [3.05, 3.63) is 53.6 Å². The molecule has 142 valence electrons. The molecule has 1 atom stereocenters. The largest absolute Gasteiger partial charge is 0.496 e. The molecule has 0 saturated carbocycles. The Hall–Kier alpha value is -3.22. The van der Waals surface area contributed by atoms with Crippen LogP contribution in [0, 0.1) is 0 Å². The Morgan fingerprint density at radius 1 is 1.07 bits per heavy atom. The van der Waals surface area contributed by atoms with Crippen molar-refractivity contribution in [2.24, 2.45) is 0 Å². The van der Waals surface area contributed by atoms with E-state index >= 15 is 0 Å². The van der Waals surface area contributed by atoms with Gasteiger partial charge in [-0.2, -0.15) is 0 Å². The zero-order chi connectivity index (χ0) is 19.2. The van der Waals surface area contributed by atoms with Crippen LogP contribution in [0.1, 0.15) is 28.4 Å². The van der Waals surface area contributed by atoms with Gasteiger partial charge in [-0.3, -0.25) is 4.79 Å². The number of fused-ring (bicyclic) bond motifs is 1. The molecule has 0 bridgehead atoms. The first kappa shape index (κ1) is 18.6. The zero-order valence-electron chi connectivity index (χ0n) is 15.2. The van der Waals surface area contributed by atoms with E-state index < -0.39 is 12.6 Å². The molecule has 0 radical (unpaired) electrons. The van der Waals surface area contributed by atoms with Gasteiger partial charge in [-0.25, -0.2) is 4.79 Å². The van der Waals surface area contributed by atoms with Gasteiger partial charge in [0, 0.05) is 12.0 Å². The molecule has 0 fully saturated rings. The van der Waals surface area contributed by atoms with Crippen molar-refractivity contribution in [1.82, 2.24) is 5.32 Å². The summed E-state index contributed by atoms with van der Waals surface area (Å²) >= 11 is 0. The highest BCUT2D eigenvalue weighted by molar-refractivity contribution is 5.96. The van der Waals surface area contributed by atoms with Crippen molar-refractivity contribution >= 4 is 11.9 Å². The summed E-state index contributed by atoms with van der Waals surface area (Å²) in [5.74, 6) is 0.312. The highest BCUT2D eigenvalue weighted by atomic mass is 16.5. The van der Waals surface area contributed by atoms with Gasteiger partial charge in [0.15, 0.2) is 6.61 Å². The first-order valence-corrected chi connectivity index (χ1v) is 8.53. The van der Waals surface area contributed by atoms with Gasteiger partial charge >= 0.3 is 5.97 Å². The topological polar surface area (TPSA) is 83.1 Å². The number of para-hydroxylation sites is 1. The third-order valence-electron chi connectivity index (χ3n) is 4.26. The summed E-state index contributed by atoms with van der Waals surface area (Å²) in [5, 5.41) is 2.88. The number of rotatable bonds is 6. The lowest BCUT2D eigenvalue weighted by molar-refractivity contribution is -0.125. The van der Waals surface area contributed by atoms with Crippen molar-refractivity contribution in [2.75, 3.05) is 27.4 Å². The van der Waals surface area contributed by atoms with Gasteiger partial charge < -0.3 is 24.3 Å². The van der Waals surface area contributed by atoms with Crippen LogP contribution in [0.4, 0.5) is 0 Å². The van der Waals surface area contributed by atoms with Gasteiger partial charge in [-0.05, 0) is 18.2 Å². The van der Waals surface area contributed by atoms with Gasteiger partial charge in [-0.1, -0.05) is 24.3 Å². The number of methoxy groups -OCH3 is 2. The predicted octanol–water partition coefficient (Wildman–Crippen LogP) is 2.50. The minimum Gasteiger partial charge on any atom is -0.496 e. The number of nitrogens with one attached hydrogen (secondary N) is 1. The molecule has 0 aliphatic carbocycles. The second-order valence-electron chi connectivity index (χ2n) is 5.91. The summed E-state index contributed by atoms with van der Waals surface area (Å²) in [7, 11) is 2.89. The molecular formula is C20H21NO6. The fourth-order valence-corrected chi connectivity index (χ4v) is 2.98. The van der Waals surface area contributed by atoms with Crippen molar-refractivity contribution in [3.8, 4) is 17.2 Å². The zero-order valence-corrected chi connectivity index (χ0v) is 15.2. The molecule has 1 aliphatic rings. The smallest absolute Gasteiger partial charge is 0.346 e. The van der Waals surface area contributed by atoms with Crippen LogP contribution in [0.5, 0.6) is 17.2 Å². The van der Waals surface area contributed by atoms with Crippen LogP contribution in [0.15, 0.2) is 42.5 Å². The van der Waals surface area contributed by atoms with Gasteiger partial charge in [-0.15, -0.1) is 0 Å². The lowest BCUT2D eigenvalue weighted by Gasteiger charge is -2.26. The van der Waals surface area contributed by atoms with Gasteiger partial charge in [0.25, 0.3) is 5.91 Å². The second-order valence-corrected chi connectivity index (χ2v) is 5.91. The third-order valence-corrected chi connectivity index (χ3v) is 4.26. The molecule has 27 heavy (non-hydrogen) atoms. The molecule has 3 rings (SSSR count). The van der Waals surface area contributed by atoms with E-state index in [0.29, 0.717) is 24.5 Å². The van der Waals surface area contributed by atoms with Crippen LogP contribution in [-0.4, -0.2) is 39.3 Å². The van der Waals surface area contributed by atoms with E-state index in [2.05, 4.69) is 5.32 Å². The Balaban J connectivity index is 1.63. The van der Waals surface area contributed by atoms with Crippen LogP contribution in [0.25, 0.3) is 0 Å². The maximum absolute atomic E-state index is 12.4. The standard InChI is InChI=1S/C20H21NO6/c1-24-16-8-5-9-17(25-2)19(16)20(23)27-12-18(22)21-14-10-11-26-15-7-4-3-6-13(14)15/h3-9,14H,10-12H2,1-2H3,(H,21,22). The second kappa shape index (κ2) is 8.44. The Labute approximate surface area is 157 Å². The monoisotopic (exact) mass is 371 g/mol. The van der Waals surface area contributed by atoms with Crippen LogP contribution in [-0.2, 0) is 9.53 Å². The minimum absolute atomic E-state index is 0.145. The third kappa shape index (κ3) is 4.13. The molecule has 1 heterocycles. The number of carbonyl (C=O) groups is 2. The van der Waals surface area contributed by atoms with Crippen molar-refractivity contribution in [2.45, 2.75) is 12.5 Å². The number of hydrogen-bond donors (Lipinski definition) is 1. The van der Waals surface area contributed by atoms with E-state index in [1.165, 1.54) is 14.2 Å². The normalized spacial score (nSPS) is 15.1. The number of carbonyl (C=O) groups excluding carboxylic acids is 2. The molecule has 1 N–H and O–H groups in total. The number of benzene rings is 2. The molecule has 1 amide bonds. The van der Waals surface area contributed by atoms with Crippen LogP contribution in [0.3, 0.4) is 0 Å². The minimum atomic E-state index is -0.688. The first-order valence-electron chi connectivity index (χ1n) is 8.53. The first-order chi connectivity index (χ1) is 13.1. The van der Waals surface area contributed by atoms with E-state index in [9.17, 15) is 9.59 Å². The summed E-state index contributed by atoms with van der Waals surface area (Å²) in [4.78, 5) is 24.7. The SMILES string of the molecule is COc1cccc(OC)c1C(=O)OCC(=O)NC1CCOc2ccccc21. The van der Waals surface area contributed by atoms with E-state index in [-0.39, 0.29) is 17.5 Å². The average Bonchev–Trinajstić information content (AvgIpc) is 2.71. The van der Waals surface area contributed by atoms with Gasteiger partial charge in [0.2, 0.25) is 0 Å². The highest BCUT2D eigenvalue weighted by Crippen LogP contribution is 2.31. The highest BCUT2D eigenvalue weighted by Gasteiger charge is 2.24. The lowest BCUT2D eigenvalue weighted by atomic mass is 10.0. The van der Waals surface area contributed by atoms with Crippen molar-refractivity contribution in [1.29, 1.82) is 0 Å². The van der Waals surface area contributed by atoms with E-state index in [0.717, 1.165) is 11.3 Å². The quantitative estimate of drug-likeness (QED) is 0.786. The van der Waals surface area contributed by atoms with E-state index in [1.54, 1.807) is 18.2 Å². The number of amides is 1. The maximum atomic E-state index is 12.4. The Kier molecular flexibility index (Phi) is 5.80. The molecule has 0 saturated heterocycles. The molecule has 0 aromatic heterocycles. The molecule has 7 heteroatoms.